The van der Waals surface area contributed by atoms with Crippen LogP contribution in [0.3, 0.4) is 0 Å². The van der Waals surface area contributed by atoms with Crippen LogP contribution in [0.1, 0.15) is 44.4 Å². The number of carbonyl (C=O) groups excluding carboxylic acids is 1. The molecule has 25 heavy (non-hydrogen) atoms. The van der Waals surface area contributed by atoms with E-state index in [2.05, 4.69) is 19.1 Å². The van der Waals surface area contributed by atoms with Gasteiger partial charge in [0.2, 0.25) is 0 Å². The van der Waals surface area contributed by atoms with Crippen molar-refractivity contribution in [3.05, 3.63) is 53.1 Å². The van der Waals surface area contributed by atoms with Crippen LogP contribution in [0.4, 0.5) is 11.4 Å². The van der Waals surface area contributed by atoms with Crippen molar-refractivity contribution >= 4 is 17.2 Å². The summed E-state index contributed by atoms with van der Waals surface area (Å²) in [5.41, 5.74) is 15.3. The molecule has 0 amide bonds. The first-order chi connectivity index (χ1) is 11.6. The highest BCUT2D eigenvalue weighted by Crippen LogP contribution is 2.31. The fraction of sp³-hybridized carbons (Fsp3) is 0.381. The van der Waals surface area contributed by atoms with E-state index in [0.717, 1.165) is 23.3 Å². The van der Waals surface area contributed by atoms with Crippen molar-refractivity contribution in [3.63, 3.8) is 0 Å². The second kappa shape index (κ2) is 8.56. The highest BCUT2D eigenvalue weighted by Gasteiger charge is 2.28. The number of carbonyl (C=O) groups is 1. The second-order valence-electron chi connectivity index (χ2n) is 6.68. The summed E-state index contributed by atoms with van der Waals surface area (Å²) >= 11 is 0. The van der Waals surface area contributed by atoms with Gasteiger partial charge in [0, 0.05) is 5.41 Å². The predicted octanol–water partition coefficient (Wildman–Crippen LogP) is 4.28. The number of rotatable bonds is 4. The lowest BCUT2D eigenvalue weighted by atomic mass is 9.78. The van der Waals surface area contributed by atoms with E-state index in [-0.39, 0.29) is 5.78 Å². The van der Waals surface area contributed by atoms with Gasteiger partial charge in [0.05, 0.1) is 18.5 Å². The van der Waals surface area contributed by atoms with Crippen molar-refractivity contribution in [2.24, 2.45) is 0 Å². The smallest absolute Gasteiger partial charge is 0.139 e. The number of hydrogen-bond acceptors (Lipinski definition) is 4. The standard InChI is InChI=1S/C12H18N2O.C9H12O/c1-7-5-10(13)11(14)6-9(7)12(3,4)8(2)15;1-3-8-4-6-9(10-2)7-5-8/h5-6H,13-14H2,1-4H3;4-7H,3H2,1-2H3. The Balaban J connectivity index is 0.000000271. The van der Waals surface area contributed by atoms with Crippen LogP contribution < -0.4 is 16.2 Å². The summed E-state index contributed by atoms with van der Waals surface area (Å²) in [6.45, 7) is 9.46. The van der Waals surface area contributed by atoms with Crippen LogP contribution in [0, 0.1) is 6.92 Å². The number of aryl methyl sites for hydroxylation is 2. The molecule has 0 bridgehead atoms. The van der Waals surface area contributed by atoms with Crippen molar-refractivity contribution in [1.29, 1.82) is 0 Å². The van der Waals surface area contributed by atoms with Crippen LogP contribution in [0.15, 0.2) is 36.4 Å². The van der Waals surface area contributed by atoms with Gasteiger partial charge in [-0.2, -0.15) is 0 Å². The first-order valence-corrected chi connectivity index (χ1v) is 8.43. The molecule has 136 valence electrons. The number of benzene rings is 2. The minimum Gasteiger partial charge on any atom is -0.497 e. The van der Waals surface area contributed by atoms with E-state index < -0.39 is 5.41 Å². The molecule has 0 spiro atoms. The lowest BCUT2D eigenvalue weighted by Gasteiger charge is -2.24. The van der Waals surface area contributed by atoms with Crippen LogP contribution >= 0.6 is 0 Å². The van der Waals surface area contributed by atoms with E-state index in [9.17, 15) is 4.79 Å². The number of ketones is 1. The maximum absolute atomic E-state index is 11.5. The predicted molar refractivity (Wildman–Crippen MR) is 106 cm³/mol. The van der Waals surface area contributed by atoms with E-state index in [1.54, 1.807) is 20.1 Å². The maximum atomic E-state index is 11.5. The van der Waals surface area contributed by atoms with Gasteiger partial charge in [0.15, 0.2) is 0 Å². The average Bonchev–Trinajstić information content (AvgIpc) is 2.58. The summed E-state index contributed by atoms with van der Waals surface area (Å²) in [6, 6.07) is 11.7. The number of anilines is 2. The molecular weight excluding hydrogens is 312 g/mol. The summed E-state index contributed by atoms with van der Waals surface area (Å²) in [7, 11) is 1.68. The summed E-state index contributed by atoms with van der Waals surface area (Å²) in [5, 5.41) is 0. The van der Waals surface area contributed by atoms with Crippen LogP contribution in [0.5, 0.6) is 5.75 Å². The molecule has 0 fully saturated rings. The number of methoxy groups -OCH3 is 1. The summed E-state index contributed by atoms with van der Waals surface area (Å²) < 4.78 is 5.01. The Bertz CT molecular complexity index is 696. The van der Waals surface area contributed by atoms with E-state index in [4.69, 9.17) is 16.2 Å². The largest absolute Gasteiger partial charge is 0.497 e. The zero-order valence-corrected chi connectivity index (χ0v) is 16.1. The lowest BCUT2D eigenvalue weighted by Crippen LogP contribution is -2.27. The summed E-state index contributed by atoms with van der Waals surface area (Å²) in [4.78, 5) is 11.5. The van der Waals surface area contributed by atoms with Gasteiger partial charge in [-0.3, -0.25) is 4.79 Å². The van der Waals surface area contributed by atoms with Crippen molar-refractivity contribution in [2.75, 3.05) is 18.6 Å². The zero-order chi connectivity index (χ0) is 19.2. The van der Waals surface area contributed by atoms with E-state index in [1.807, 2.05) is 39.0 Å². The van der Waals surface area contributed by atoms with Crippen LogP contribution in [0.2, 0.25) is 0 Å². The van der Waals surface area contributed by atoms with Crippen molar-refractivity contribution < 1.29 is 9.53 Å². The number of nitrogens with two attached hydrogens (primary N) is 2. The van der Waals surface area contributed by atoms with Crippen molar-refractivity contribution in [2.45, 2.75) is 46.5 Å². The van der Waals surface area contributed by atoms with Gasteiger partial charge in [-0.25, -0.2) is 0 Å². The number of Topliss-reactive ketones (excluding diaryl/α,β-unsaturated/α-hetero) is 1. The van der Waals surface area contributed by atoms with E-state index in [1.165, 1.54) is 5.56 Å². The molecule has 0 saturated carbocycles. The average molecular weight is 342 g/mol. The fourth-order valence-corrected chi connectivity index (χ4v) is 2.47. The Morgan fingerprint density at radius 3 is 2.04 bits per heavy atom. The first kappa shape index (κ1) is 20.6. The number of nitrogen functional groups attached to an aromatic ring is 2. The molecule has 2 rings (SSSR count). The second-order valence-corrected chi connectivity index (χ2v) is 6.68. The molecule has 4 N–H and O–H groups in total. The molecular formula is C21H30N2O2. The van der Waals surface area contributed by atoms with Gasteiger partial charge < -0.3 is 16.2 Å². The molecule has 0 saturated heterocycles. The highest BCUT2D eigenvalue weighted by atomic mass is 16.5. The van der Waals surface area contributed by atoms with Gasteiger partial charge in [-0.1, -0.05) is 19.1 Å². The molecule has 0 radical (unpaired) electrons. The molecule has 4 heteroatoms. The van der Waals surface area contributed by atoms with Crippen LogP contribution in [-0.4, -0.2) is 12.9 Å². The van der Waals surface area contributed by atoms with Gasteiger partial charge in [0.1, 0.15) is 11.5 Å². The number of ether oxygens (including phenoxy) is 1. The Labute approximate surface area is 151 Å². The molecule has 4 nitrogen and oxygen atoms in total. The lowest BCUT2D eigenvalue weighted by molar-refractivity contribution is -0.121. The van der Waals surface area contributed by atoms with Crippen LogP contribution in [-0.2, 0) is 16.6 Å². The minimum atomic E-state index is -0.508. The maximum Gasteiger partial charge on any atom is 0.139 e. The Hall–Kier alpha value is -2.49. The quantitative estimate of drug-likeness (QED) is 0.813. The third-order valence-corrected chi connectivity index (χ3v) is 4.55. The van der Waals surface area contributed by atoms with Gasteiger partial charge in [-0.05, 0) is 75.1 Å². The SMILES string of the molecule is CC(=O)C(C)(C)c1cc(N)c(N)cc1C.CCc1ccc(OC)cc1. The van der Waals surface area contributed by atoms with Crippen molar-refractivity contribution in [1.82, 2.24) is 0 Å². The molecule has 0 aromatic heterocycles. The molecule has 0 unspecified atom stereocenters. The van der Waals surface area contributed by atoms with E-state index in [0.29, 0.717) is 11.4 Å². The van der Waals surface area contributed by atoms with E-state index >= 15 is 0 Å². The molecule has 2 aromatic rings. The van der Waals surface area contributed by atoms with Gasteiger partial charge >= 0.3 is 0 Å². The summed E-state index contributed by atoms with van der Waals surface area (Å²) in [5.74, 6) is 1.05. The van der Waals surface area contributed by atoms with Gasteiger partial charge in [-0.15, -0.1) is 0 Å². The van der Waals surface area contributed by atoms with Crippen molar-refractivity contribution in [3.8, 4) is 5.75 Å². The van der Waals surface area contributed by atoms with Gasteiger partial charge in [0.25, 0.3) is 0 Å². The third-order valence-electron chi connectivity index (χ3n) is 4.55. The molecule has 0 aliphatic rings. The molecule has 0 aliphatic heterocycles. The zero-order valence-electron chi connectivity index (χ0n) is 16.1. The first-order valence-electron chi connectivity index (χ1n) is 8.43. The molecule has 0 heterocycles. The molecule has 0 aliphatic carbocycles. The Morgan fingerprint density at radius 1 is 1.08 bits per heavy atom. The molecule has 0 atom stereocenters. The monoisotopic (exact) mass is 342 g/mol. The summed E-state index contributed by atoms with van der Waals surface area (Å²) in [6.07, 6.45) is 1.09. The third kappa shape index (κ3) is 5.24. The van der Waals surface area contributed by atoms with Crippen LogP contribution in [0.25, 0.3) is 0 Å². The normalized spacial score (nSPS) is 10.6. The fourth-order valence-electron chi connectivity index (χ4n) is 2.47. The minimum absolute atomic E-state index is 0.120. The number of hydrogen-bond donors (Lipinski definition) is 2. The molecule has 2 aromatic carbocycles. The Morgan fingerprint density at radius 2 is 1.60 bits per heavy atom. The highest BCUT2D eigenvalue weighted by molar-refractivity contribution is 5.88. The Kier molecular flexibility index (Phi) is 7.04. The topological polar surface area (TPSA) is 78.3 Å².